The summed E-state index contributed by atoms with van der Waals surface area (Å²) in [5.41, 5.74) is 0.335. The molecule has 0 fully saturated rings. The molecule has 0 N–H and O–H groups in total. The van der Waals surface area contributed by atoms with E-state index in [1.807, 2.05) is 60.7 Å². The van der Waals surface area contributed by atoms with Crippen LogP contribution in [0.15, 0.2) is 73.3 Å². The maximum atomic E-state index is 13.0. The van der Waals surface area contributed by atoms with E-state index in [4.69, 9.17) is 30.1 Å². The molecule has 2 aromatic rings. The fourth-order valence-corrected chi connectivity index (χ4v) is 2.02. The van der Waals surface area contributed by atoms with Crippen LogP contribution in [0.5, 0.6) is 0 Å². The Labute approximate surface area is 177 Å². The van der Waals surface area contributed by atoms with Crippen molar-refractivity contribution < 1.29 is 17.5 Å². The van der Waals surface area contributed by atoms with Crippen LogP contribution in [0.1, 0.15) is 17.5 Å². The Balaban J connectivity index is 0. The Kier molecular flexibility index (Phi) is 15.5. The maximum Gasteiger partial charge on any atom is 2.00 e. The van der Waals surface area contributed by atoms with Crippen LogP contribution >= 0.6 is 30.1 Å². The molecule has 2 aromatic carbocycles. The molecular formula is C16H15AlCl4MgO. The Morgan fingerprint density at radius 3 is 1.48 bits per heavy atom. The second-order valence-electron chi connectivity index (χ2n) is 4.30. The van der Waals surface area contributed by atoms with E-state index in [2.05, 4.69) is 6.58 Å². The molecule has 0 heterocycles. The average molecular weight is 416 g/mol. The van der Waals surface area contributed by atoms with Crippen LogP contribution in [-0.4, -0.2) is 34.4 Å². The molecule has 0 saturated heterocycles. The van der Waals surface area contributed by atoms with Crippen LogP contribution in [0, 0.1) is 0 Å². The minimum Gasteiger partial charge on any atom is -1.00 e. The molecule has 0 unspecified atom stereocenters. The summed E-state index contributed by atoms with van der Waals surface area (Å²) in [7, 11) is 14.8. The molecule has 1 nitrogen and oxygen atoms in total. The summed E-state index contributed by atoms with van der Waals surface area (Å²) in [4.78, 5) is 0. The van der Waals surface area contributed by atoms with Gasteiger partial charge in [-0.1, -0.05) is 83.5 Å². The Bertz CT molecular complexity index is 498. The predicted octanol–water partition coefficient (Wildman–Crippen LogP) is 1.18. The SMILES string of the molecule is C=CCC([O-])(c1ccccc1)c1ccccc1.[Cl-].[Cl][Al]([Cl])[Cl].[Mg+2]. The third kappa shape index (κ3) is 9.02. The zero-order chi connectivity index (χ0) is 15.7. The monoisotopic (exact) mass is 414 g/mol. The van der Waals surface area contributed by atoms with Gasteiger partial charge < -0.3 is 17.5 Å². The first-order chi connectivity index (χ1) is 10.0. The van der Waals surface area contributed by atoms with Gasteiger partial charge in [-0.2, -0.15) is 0 Å². The standard InChI is InChI=1S/C16H15O.Al.4ClH.Mg/c1-2-13-16(17,14-9-5-3-6-10-14)15-11-7-4-8-12-15;;;;;;/h2-12H,1,13H2;;4*1H;/q-1;+3;;;;;+2/p-4. The summed E-state index contributed by atoms with van der Waals surface area (Å²) < 4.78 is 0. The van der Waals surface area contributed by atoms with Crippen molar-refractivity contribution in [2.45, 2.75) is 12.0 Å². The van der Waals surface area contributed by atoms with Gasteiger partial charge in [0, 0.05) is 0 Å². The molecule has 0 aliphatic heterocycles. The van der Waals surface area contributed by atoms with Gasteiger partial charge in [0.15, 0.2) is 0 Å². The molecule has 0 bridgehead atoms. The van der Waals surface area contributed by atoms with Gasteiger partial charge in [0.05, 0.1) is 0 Å². The van der Waals surface area contributed by atoms with Crippen LogP contribution in [0.4, 0.5) is 0 Å². The molecular weight excluding hydrogens is 401 g/mol. The Morgan fingerprint density at radius 1 is 0.913 bits per heavy atom. The summed E-state index contributed by atoms with van der Waals surface area (Å²) >= 11 is -1.72. The van der Waals surface area contributed by atoms with E-state index in [9.17, 15) is 5.11 Å². The molecule has 0 radical (unpaired) electrons. The first kappa shape index (κ1) is 25.8. The van der Waals surface area contributed by atoms with Gasteiger partial charge in [0.2, 0.25) is 0 Å². The van der Waals surface area contributed by atoms with Crippen LogP contribution in [0.3, 0.4) is 0 Å². The molecule has 2 rings (SSSR count). The van der Waals surface area contributed by atoms with Crippen LogP contribution < -0.4 is 17.5 Å². The molecule has 0 saturated carbocycles. The van der Waals surface area contributed by atoms with Crippen molar-refractivity contribution in [3.05, 3.63) is 84.4 Å². The van der Waals surface area contributed by atoms with Crippen molar-refractivity contribution in [3.8, 4) is 0 Å². The van der Waals surface area contributed by atoms with E-state index in [-0.39, 0.29) is 35.5 Å². The van der Waals surface area contributed by atoms with Crippen molar-refractivity contribution in [1.82, 2.24) is 0 Å². The number of benzene rings is 2. The number of halogens is 4. The molecule has 0 aliphatic rings. The van der Waals surface area contributed by atoms with Gasteiger partial charge in [0.1, 0.15) is 0 Å². The third-order valence-corrected chi connectivity index (χ3v) is 2.91. The Morgan fingerprint density at radius 2 is 1.22 bits per heavy atom. The van der Waals surface area contributed by atoms with E-state index in [1.165, 1.54) is 0 Å². The number of rotatable bonds is 4. The van der Waals surface area contributed by atoms with Crippen LogP contribution in [-0.2, 0) is 5.60 Å². The van der Waals surface area contributed by atoms with Crippen LogP contribution in [0.2, 0.25) is 0 Å². The summed E-state index contributed by atoms with van der Waals surface area (Å²) in [5.74, 6) is 0. The van der Waals surface area contributed by atoms with Crippen molar-refractivity contribution in [2.24, 2.45) is 0 Å². The van der Waals surface area contributed by atoms with Gasteiger partial charge in [-0.05, 0) is 6.42 Å². The number of hydrogen-bond acceptors (Lipinski definition) is 1. The molecule has 23 heavy (non-hydrogen) atoms. The first-order valence-corrected chi connectivity index (χ1v) is 11.6. The largest absolute Gasteiger partial charge is 2.00 e. The minimum atomic E-state index is -1.72. The van der Waals surface area contributed by atoms with Gasteiger partial charge in [-0.15, -0.1) is 6.58 Å². The number of hydrogen-bond donors (Lipinski definition) is 0. The summed E-state index contributed by atoms with van der Waals surface area (Å²) in [6.45, 7) is 3.70. The van der Waals surface area contributed by atoms with E-state index >= 15 is 0 Å². The maximum absolute atomic E-state index is 13.0. The molecule has 118 valence electrons. The Hall–Kier alpha value is 0.599. The second kappa shape index (κ2) is 13.8. The summed E-state index contributed by atoms with van der Waals surface area (Å²) in [6.07, 6.45) is 2.08. The quantitative estimate of drug-likeness (QED) is 0.542. The van der Waals surface area contributed by atoms with Gasteiger partial charge in [-0.3, -0.25) is 0 Å². The first-order valence-electron chi connectivity index (χ1n) is 6.35. The zero-order valence-corrected chi connectivity index (χ0v) is 18.1. The smallest absolute Gasteiger partial charge is 1.00 e. The fraction of sp³-hybridized carbons (Fsp3) is 0.125. The van der Waals surface area contributed by atoms with E-state index < -0.39 is 17.0 Å². The molecule has 0 spiro atoms. The molecule has 0 aromatic heterocycles. The van der Waals surface area contributed by atoms with Crippen LogP contribution in [0.25, 0.3) is 0 Å². The van der Waals surface area contributed by atoms with Gasteiger partial charge in [-0.25, -0.2) is 30.1 Å². The van der Waals surface area contributed by atoms with Gasteiger partial charge >= 0.3 is 34.4 Å². The zero-order valence-electron chi connectivity index (χ0n) is 12.5. The topological polar surface area (TPSA) is 23.1 Å². The normalized spacial score (nSPS) is 9.39. The molecule has 0 amide bonds. The molecule has 0 atom stereocenters. The van der Waals surface area contributed by atoms with Crippen molar-refractivity contribution in [1.29, 1.82) is 0 Å². The van der Waals surface area contributed by atoms with Gasteiger partial charge in [0.25, 0.3) is 0 Å². The summed E-state index contributed by atoms with van der Waals surface area (Å²) in [5, 5.41) is 13.0. The second-order valence-corrected chi connectivity index (χ2v) is 10.7. The molecule has 7 heteroatoms. The summed E-state index contributed by atoms with van der Waals surface area (Å²) in [6, 6.07) is 18.9. The molecule has 0 aliphatic carbocycles. The average Bonchev–Trinajstić information content (AvgIpc) is 2.49. The fourth-order valence-electron chi connectivity index (χ4n) is 2.02. The van der Waals surface area contributed by atoms with E-state index in [1.54, 1.807) is 6.08 Å². The predicted molar refractivity (Wildman–Crippen MR) is 97.5 cm³/mol. The van der Waals surface area contributed by atoms with Crippen molar-refractivity contribution in [3.63, 3.8) is 0 Å². The minimum absolute atomic E-state index is 0. The van der Waals surface area contributed by atoms with E-state index in [0.717, 1.165) is 11.1 Å². The van der Waals surface area contributed by atoms with Crippen molar-refractivity contribution >= 4 is 64.6 Å². The van der Waals surface area contributed by atoms with Crippen molar-refractivity contribution in [2.75, 3.05) is 0 Å². The third-order valence-electron chi connectivity index (χ3n) is 2.91. The van der Waals surface area contributed by atoms with E-state index in [0.29, 0.717) is 6.42 Å².